The lowest BCUT2D eigenvalue weighted by atomic mass is 10.2. The summed E-state index contributed by atoms with van der Waals surface area (Å²) in [5, 5.41) is 1.95. The molecular formula is C12H6F4N2O. The van der Waals surface area contributed by atoms with Crippen LogP contribution < -0.4 is 5.32 Å². The van der Waals surface area contributed by atoms with E-state index in [0.717, 1.165) is 30.5 Å². The number of benzene rings is 1. The van der Waals surface area contributed by atoms with Gasteiger partial charge in [0.15, 0.2) is 17.5 Å². The van der Waals surface area contributed by atoms with Crippen molar-refractivity contribution in [2.24, 2.45) is 0 Å². The van der Waals surface area contributed by atoms with Crippen LogP contribution in [-0.4, -0.2) is 10.9 Å². The first kappa shape index (κ1) is 13.0. The van der Waals surface area contributed by atoms with Gasteiger partial charge in [0.25, 0.3) is 5.91 Å². The number of rotatable bonds is 2. The number of nitrogens with one attached hydrogen (secondary N) is 1. The summed E-state index contributed by atoms with van der Waals surface area (Å²) in [6, 6.07) is 4.03. The Balaban J connectivity index is 2.31. The van der Waals surface area contributed by atoms with Gasteiger partial charge in [-0.3, -0.25) is 4.79 Å². The average molecular weight is 270 g/mol. The molecule has 19 heavy (non-hydrogen) atoms. The van der Waals surface area contributed by atoms with Crippen LogP contribution in [0.3, 0.4) is 0 Å². The lowest BCUT2D eigenvalue weighted by Crippen LogP contribution is -2.16. The number of anilines is 1. The van der Waals surface area contributed by atoms with E-state index in [1.807, 2.05) is 5.32 Å². The van der Waals surface area contributed by atoms with Crippen LogP contribution in [0.25, 0.3) is 0 Å². The van der Waals surface area contributed by atoms with Crippen molar-refractivity contribution in [3.63, 3.8) is 0 Å². The van der Waals surface area contributed by atoms with Gasteiger partial charge in [-0.2, -0.15) is 4.39 Å². The number of hydrogen-bond acceptors (Lipinski definition) is 2. The number of halogens is 4. The molecular weight excluding hydrogens is 264 g/mol. The molecule has 0 atom stereocenters. The topological polar surface area (TPSA) is 42.0 Å². The summed E-state index contributed by atoms with van der Waals surface area (Å²) in [6.07, 6.45) is 0.884. The molecule has 1 N–H and O–H groups in total. The van der Waals surface area contributed by atoms with Crippen LogP contribution in [0.5, 0.6) is 0 Å². The third-order valence-electron chi connectivity index (χ3n) is 2.29. The number of amides is 1. The maximum Gasteiger partial charge on any atom is 0.258 e. The zero-order valence-corrected chi connectivity index (χ0v) is 9.25. The molecule has 98 valence electrons. The van der Waals surface area contributed by atoms with Gasteiger partial charge >= 0.3 is 0 Å². The van der Waals surface area contributed by atoms with Gasteiger partial charge < -0.3 is 5.32 Å². The minimum absolute atomic E-state index is 0.471. The van der Waals surface area contributed by atoms with Crippen LogP contribution in [0, 0.1) is 23.4 Å². The molecule has 0 saturated heterocycles. The molecule has 2 aromatic rings. The fourth-order valence-electron chi connectivity index (χ4n) is 1.38. The largest absolute Gasteiger partial charge is 0.319 e. The average Bonchev–Trinajstić information content (AvgIpc) is 2.38. The summed E-state index contributed by atoms with van der Waals surface area (Å²) in [5.41, 5.74) is -1.13. The molecule has 1 heterocycles. The molecule has 1 amide bonds. The van der Waals surface area contributed by atoms with Gasteiger partial charge in [-0.1, -0.05) is 6.07 Å². The number of pyridine rings is 1. The molecule has 0 spiro atoms. The molecule has 3 nitrogen and oxygen atoms in total. The monoisotopic (exact) mass is 270 g/mol. The molecule has 0 bridgehead atoms. The second kappa shape index (κ2) is 5.05. The van der Waals surface area contributed by atoms with Crippen LogP contribution in [0.1, 0.15) is 10.4 Å². The molecule has 0 saturated carbocycles. The number of aromatic nitrogens is 1. The van der Waals surface area contributed by atoms with Crippen molar-refractivity contribution < 1.29 is 22.4 Å². The van der Waals surface area contributed by atoms with Crippen LogP contribution in [0.15, 0.2) is 30.5 Å². The van der Waals surface area contributed by atoms with Crippen molar-refractivity contribution in [3.8, 4) is 0 Å². The summed E-state index contributed by atoms with van der Waals surface area (Å²) >= 11 is 0. The van der Waals surface area contributed by atoms with Gasteiger partial charge in [0.05, 0.1) is 11.3 Å². The first-order valence-electron chi connectivity index (χ1n) is 5.06. The molecule has 0 aliphatic heterocycles. The highest BCUT2D eigenvalue weighted by molar-refractivity contribution is 6.04. The SMILES string of the molecule is O=C(Nc1cccc(F)c1F)c1ccnc(F)c1F. The van der Waals surface area contributed by atoms with E-state index in [4.69, 9.17) is 0 Å². The smallest absolute Gasteiger partial charge is 0.258 e. The Morgan fingerprint density at radius 3 is 2.53 bits per heavy atom. The zero-order chi connectivity index (χ0) is 14.0. The second-order valence-corrected chi connectivity index (χ2v) is 3.52. The first-order valence-corrected chi connectivity index (χ1v) is 5.06. The predicted octanol–water partition coefficient (Wildman–Crippen LogP) is 2.89. The quantitative estimate of drug-likeness (QED) is 0.673. The van der Waals surface area contributed by atoms with Gasteiger partial charge in [0.1, 0.15) is 0 Å². The van der Waals surface area contributed by atoms with Crippen LogP contribution in [0.4, 0.5) is 23.2 Å². The van der Waals surface area contributed by atoms with Crippen molar-refractivity contribution >= 4 is 11.6 Å². The fraction of sp³-hybridized carbons (Fsp3) is 0. The van der Waals surface area contributed by atoms with E-state index in [0.29, 0.717) is 0 Å². The number of carbonyl (C=O) groups is 1. The molecule has 0 fully saturated rings. The minimum atomic E-state index is -1.46. The molecule has 7 heteroatoms. The van der Waals surface area contributed by atoms with Gasteiger partial charge in [0, 0.05) is 6.20 Å². The predicted molar refractivity (Wildman–Crippen MR) is 58.5 cm³/mol. The van der Waals surface area contributed by atoms with Crippen molar-refractivity contribution in [2.75, 3.05) is 5.32 Å². The van der Waals surface area contributed by atoms with Crippen molar-refractivity contribution in [3.05, 3.63) is 59.4 Å². The van der Waals surface area contributed by atoms with E-state index < -0.39 is 40.6 Å². The van der Waals surface area contributed by atoms with Gasteiger partial charge in [0.2, 0.25) is 5.95 Å². The van der Waals surface area contributed by atoms with Crippen LogP contribution in [-0.2, 0) is 0 Å². The molecule has 1 aromatic heterocycles. The number of carbonyl (C=O) groups excluding carboxylic acids is 1. The van der Waals surface area contributed by atoms with Crippen molar-refractivity contribution in [2.45, 2.75) is 0 Å². The van der Waals surface area contributed by atoms with Gasteiger partial charge in [-0.05, 0) is 18.2 Å². The van der Waals surface area contributed by atoms with Gasteiger partial charge in [-0.15, -0.1) is 0 Å². The van der Waals surface area contributed by atoms with E-state index >= 15 is 0 Å². The molecule has 0 radical (unpaired) electrons. The number of nitrogens with zero attached hydrogens (tertiary/aromatic N) is 1. The molecule has 2 rings (SSSR count). The van der Waals surface area contributed by atoms with E-state index in [1.165, 1.54) is 0 Å². The lowest BCUT2D eigenvalue weighted by Gasteiger charge is -2.07. The maximum atomic E-state index is 13.3. The highest BCUT2D eigenvalue weighted by Gasteiger charge is 2.18. The molecule has 1 aromatic carbocycles. The zero-order valence-electron chi connectivity index (χ0n) is 9.25. The fourth-order valence-corrected chi connectivity index (χ4v) is 1.38. The standard InChI is InChI=1S/C12H6F4N2O/c13-7-2-1-3-8(10(7)15)18-12(19)6-4-5-17-11(16)9(6)14/h1-5H,(H,18,19). The summed E-state index contributed by atoms with van der Waals surface area (Å²) in [6.45, 7) is 0. The third kappa shape index (κ3) is 2.54. The lowest BCUT2D eigenvalue weighted by molar-refractivity contribution is 0.102. The Bertz CT molecular complexity index is 646. The number of hydrogen-bond donors (Lipinski definition) is 1. The first-order chi connectivity index (χ1) is 9.00. The molecule has 0 unspecified atom stereocenters. The highest BCUT2D eigenvalue weighted by Crippen LogP contribution is 2.18. The van der Waals surface area contributed by atoms with E-state index in [-0.39, 0.29) is 0 Å². The van der Waals surface area contributed by atoms with Gasteiger partial charge in [-0.25, -0.2) is 18.2 Å². The summed E-state index contributed by atoms with van der Waals surface area (Å²) in [7, 11) is 0. The maximum absolute atomic E-state index is 13.3. The van der Waals surface area contributed by atoms with Crippen LogP contribution in [0.2, 0.25) is 0 Å². The summed E-state index contributed by atoms with van der Waals surface area (Å²) in [4.78, 5) is 14.6. The van der Waals surface area contributed by atoms with Crippen LogP contribution >= 0.6 is 0 Å². The molecule has 0 aliphatic rings. The minimum Gasteiger partial charge on any atom is -0.319 e. The van der Waals surface area contributed by atoms with Crippen molar-refractivity contribution in [1.82, 2.24) is 4.98 Å². The Hall–Kier alpha value is -2.44. The normalized spacial score (nSPS) is 10.3. The summed E-state index contributed by atoms with van der Waals surface area (Å²) < 4.78 is 52.3. The van der Waals surface area contributed by atoms with E-state index in [9.17, 15) is 22.4 Å². The molecule has 0 aliphatic carbocycles. The second-order valence-electron chi connectivity index (χ2n) is 3.52. The van der Waals surface area contributed by atoms with E-state index in [1.54, 1.807) is 0 Å². The Labute approximate surface area is 104 Å². The Morgan fingerprint density at radius 2 is 1.79 bits per heavy atom. The Kier molecular flexibility index (Phi) is 3.46. The van der Waals surface area contributed by atoms with E-state index in [2.05, 4.69) is 4.98 Å². The highest BCUT2D eigenvalue weighted by atomic mass is 19.2. The third-order valence-corrected chi connectivity index (χ3v) is 2.29. The Morgan fingerprint density at radius 1 is 1.05 bits per heavy atom. The van der Waals surface area contributed by atoms with Crippen molar-refractivity contribution in [1.29, 1.82) is 0 Å². The summed E-state index contributed by atoms with van der Waals surface area (Å²) in [5.74, 6) is -6.47.